The van der Waals surface area contributed by atoms with E-state index in [0.717, 1.165) is 23.4 Å². The molecule has 0 aliphatic heterocycles. The molecule has 0 amide bonds. The van der Waals surface area contributed by atoms with E-state index in [1.807, 2.05) is 13.2 Å². The molecule has 0 aromatic carbocycles. The number of rotatable bonds is 4. The molecule has 0 atom stereocenters. The average molecular weight is 244 g/mol. The van der Waals surface area contributed by atoms with Crippen LogP contribution in [0.25, 0.3) is 11.0 Å². The molecule has 8 heteroatoms. The highest BCUT2D eigenvalue weighted by Crippen LogP contribution is 2.17. The second-order valence-electron chi connectivity index (χ2n) is 3.82. The van der Waals surface area contributed by atoms with E-state index in [4.69, 9.17) is 0 Å². The first-order chi connectivity index (χ1) is 8.84. The maximum Gasteiger partial charge on any atom is 0.163 e. The van der Waals surface area contributed by atoms with Gasteiger partial charge >= 0.3 is 0 Å². The van der Waals surface area contributed by atoms with Gasteiger partial charge in [-0.15, -0.1) is 5.10 Å². The van der Waals surface area contributed by atoms with Gasteiger partial charge in [-0.3, -0.25) is 9.36 Å². The maximum absolute atomic E-state index is 4.22. The summed E-state index contributed by atoms with van der Waals surface area (Å²) in [5.74, 6) is 0.785. The van der Waals surface area contributed by atoms with Gasteiger partial charge in [0.05, 0.1) is 24.3 Å². The molecule has 1 N–H and O–H groups in total. The number of hydrogen-bond donors (Lipinski definition) is 1. The Morgan fingerprint density at radius 3 is 3.11 bits per heavy atom. The molecule has 0 saturated heterocycles. The Bertz CT molecular complexity index is 641. The molecule has 3 aromatic rings. The molecule has 3 heterocycles. The Morgan fingerprint density at radius 1 is 1.33 bits per heavy atom. The molecule has 0 aliphatic rings. The molecule has 3 rings (SSSR count). The molecule has 0 aliphatic carbocycles. The van der Waals surface area contributed by atoms with Crippen molar-refractivity contribution in [2.24, 2.45) is 7.05 Å². The van der Waals surface area contributed by atoms with Crippen LogP contribution in [0.3, 0.4) is 0 Å². The van der Waals surface area contributed by atoms with Crippen molar-refractivity contribution in [1.29, 1.82) is 0 Å². The minimum Gasteiger partial charge on any atom is -0.367 e. The third-order valence-electron chi connectivity index (χ3n) is 2.63. The first kappa shape index (κ1) is 10.6. The SMILES string of the molecule is Cn1ncc2c(NCCn3ccnn3)ncnc21. The van der Waals surface area contributed by atoms with Gasteiger partial charge in [0.2, 0.25) is 0 Å². The lowest BCUT2D eigenvalue weighted by Gasteiger charge is -2.05. The van der Waals surface area contributed by atoms with E-state index < -0.39 is 0 Å². The Morgan fingerprint density at radius 2 is 2.28 bits per heavy atom. The van der Waals surface area contributed by atoms with Crippen molar-refractivity contribution in [3.63, 3.8) is 0 Å². The number of hydrogen-bond acceptors (Lipinski definition) is 6. The fraction of sp³-hybridized carbons (Fsp3) is 0.300. The van der Waals surface area contributed by atoms with Crippen LogP contribution in [0.1, 0.15) is 0 Å². The molecule has 0 unspecified atom stereocenters. The van der Waals surface area contributed by atoms with E-state index in [9.17, 15) is 0 Å². The van der Waals surface area contributed by atoms with Crippen molar-refractivity contribution in [3.8, 4) is 0 Å². The van der Waals surface area contributed by atoms with Crippen LogP contribution in [0.15, 0.2) is 24.9 Å². The molecular formula is C10H12N8. The Labute approximate surface area is 103 Å². The lowest BCUT2D eigenvalue weighted by atomic mass is 10.4. The Hall–Kier alpha value is -2.51. The molecule has 0 fully saturated rings. The fourth-order valence-corrected chi connectivity index (χ4v) is 1.74. The van der Waals surface area contributed by atoms with E-state index in [2.05, 4.69) is 30.7 Å². The highest BCUT2D eigenvalue weighted by molar-refractivity contribution is 5.85. The third kappa shape index (κ3) is 1.88. The highest BCUT2D eigenvalue weighted by Gasteiger charge is 2.06. The molecule has 0 bridgehead atoms. The van der Waals surface area contributed by atoms with Gasteiger partial charge in [0.25, 0.3) is 0 Å². The zero-order valence-electron chi connectivity index (χ0n) is 9.85. The van der Waals surface area contributed by atoms with Crippen molar-refractivity contribution in [2.45, 2.75) is 6.54 Å². The van der Waals surface area contributed by atoms with Gasteiger partial charge in [-0.05, 0) is 0 Å². The van der Waals surface area contributed by atoms with Gasteiger partial charge in [-0.1, -0.05) is 5.21 Å². The predicted octanol–water partition coefficient (Wildman–Crippen LogP) is 0.0669. The summed E-state index contributed by atoms with van der Waals surface area (Å²) < 4.78 is 3.48. The van der Waals surface area contributed by atoms with Crippen molar-refractivity contribution in [1.82, 2.24) is 34.7 Å². The zero-order valence-corrected chi connectivity index (χ0v) is 9.85. The largest absolute Gasteiger partial charge is 0.367 e. The van der Waals surface area contributed by atoms with Crippen molar-refractivity contribution >= 4 is 16.9 Å². The molecule has 8 nitrogen and oxygen atoms in total. The number of fused-ring (bicyclic) bond motifs is 1. The van der Waals surface area contributed by atoms with Crippen LogP contribution in [-0.2, 0) is 13.6 Å². The Balaban J connectivity index is 1.74. The summed E-state index contributed by atoms with van der Waals surface area (Å²) in [5.41, 5.74) is 0.813. The van der Waals surface area contributed by atoms with Gasteiger partial charge in [0, 0.05) is 19.8 Å². The fourth-order valence-electron chi connectivity index (χ4n) is 1.74. The normalized spacial score (nSPS) is 10.9. The highest BCUT2D eigenvalue weighted by atomic mass is 15.4. The summed E-state index contributed by atoms with van der Waals surface area (Å²) in [4.78, 5) is 8.40. The quantitative estimate of drug-likeness (QED) is 0.698. The lowest BCUT2D eigenvalue weighted by Crippen LogP contribution is -2.12. The Kier molecular flexibility index (Phi) is 2.60. The van der Waals surface area contributed by atoms with Crippen molar-refractivity contribution < 1.29 is 0 Å². The lowest BCUT2D eigenvalue weighted by molar-refractivity contribution is 0.608. The second-order valence-corrected chi connectivity index (χ2v) is 3.82. The van der Waals surface area contributed by atoms with Crippen LogP contribution >= 0.6 is 0 Å². The molecule has 0 radical (unpaired) electrons. The van der Waals surface area contributed by atoms with Crippen LogP contribution in [0, 0.1) is 0 Å². The molecule has 0 saturated carbocycles. The van der Waals surface area contributed by atoms with E-state index in [1.54, 1.807) is 21.8 Å². The standard InChI is InChI=1S/C10H12N8/c1-17-10-8(6-15-17)9(12-7-13-10)11-2-4-18-5-3-14-16-18/h3,5-7H,2,4H2,1H3,(H,11,12,13). The van der Waals surface area contributed by atoms with Gasteiger partial charge in [-0.25, -0.2) is 9.97 Å². The van der Waals surface area contributed by atoms with E-state index >= 15 is 0 Å². The molecule has 18 heavy (non-hydrogen) atoms. The molecule has 3 aromatic heterocycles. The van der Waals surface area contributed by atoms with Crippen LogP contribution in [0.2, 0.25) is 0 Å². The predicted molar refractivity (Wildman–Crippen MR) is 64.8 cm³/mol. The molecular weight excluding hydrogens is 232 g/mol. The number of aryl methyl sites for hydroxylation is 1. The average Bonchev–Trinajstić information content (AvgIpc) is 3.01. The van der Waals surface area contributed by atoms with Gasteiger partial charge in [-0.2, -0.15) is 5.10 Å². The summed E-state index contributed by atoms with van der Waals surface area (Å²) in [7, 11) is 1.86. The maximum atomic E-state index is 4.22. The molecule has 0 spiro atoms. The minimum absolute atomic E-state index is 0.713. The number of aromatic nitrogens is 7. The first-order valence-electron chi connectivity index (χ1n) is 5.55. The summed E-state index contributed by atoms with van der Waals surface area (Å²) in [5, 5.41) is 16.0. The van der Waals surface area contributed by atoms with Crippen molar-refractivity contribution in [3.05, 3.63) is 24.9 Å². The van der Waals surface area contributed by atoms with Crippen LogP contribution in [0.4, 0.5) is 5.82 Å². The monoisotopic (exact) mass is 244 g/mol. The number of nitrogens with zero attached hydrogens (tertiary/aromatic N) is 7. The van der Waals surface area contributed by atoms with Crippen LogP contribution < -0.4 is 5.32 Å². The van der Waals surface area contributed by atoms with Gasteiger partial charge in [0.15, 0.2) is 5.65 Å². The number of nitrogens with one attached hydrogen (secondary N) is 1. The summed E-state index contributed by atoms with van der Waals surface area (Å²) >= 11 is 0. The summed E-state index contributed by atoms with van der Waals surface area (Å²) in [6, 6.07) is 0. The van der Waals surface area contributed by atoms with Crippen LogP contribution in [0.5, 0.6) is 0 Å². The first-order valence-corrected chi connectivity index (χ1v) is 5.55. The van der Waals surface area contributed by atoms with Gasteiger partial charge < -0.3 is 5.32 Å². The summed E-state index contributed by atoms with van der Waals surface area (Å²) in [6.45, 7) is 1.44. The number of anilines is 1. The minimum atomic E-state index is 0.713. The third-order valence-corrected chi connectivity index (χ3v) is 2.63. The smallest absolute Gasteiger partial charge is 0.163 e. The van der Waals surface area contributed by atoms with Crippen molar-refractivity contribution in [2.75, 3.05) is 11.9 Å². The zero-order chi connectivity index (χ0) is 12.4. The van der Waals surface area contributed by atoms with E-state index in [0.29, 0.717) is 6.54 Å². The summed E-state index contributed by atoms with van der Waals surface area (Å²) in [6.07, 6.45) is 6.76. The topological polar surface area (TPSA) is 86.3 Å². The van der Waals surface area contributed by atoms with E-state index in [1.165, 1.54) is 6.33 Å². The van der Waals surface area contributed by atoms with Crippen LogP contribution in [-0.4, -0.2) is 41.3 Å². The van der Waals surface area contributed by atoms with E-state index in [-0.39, 0.29) is 0 Å². The molecule has 92 valence electrons. The van der Waals surface area contributed by atoms with Gasteiger partial charge in [0.1, 0.15) is 12.1 Å². The second kappa shape index (κ2) is 4.40.